The molecule has 4 heterocycles. The Morgan fingerprint density at radius 3 is 2.96 bits per heavy atom. The maximum absolute atomic E-state index is 13.0. The van der Waals surface area contributed by atoms with Gasteiger partial charge in [-0.15, -0.1) is 0 Å². The Kier molecular flexibility index (Phi) is 4.10. The highest BCUT2D eigenvalue weighted by molar-refractivity contribution is 5.91. The molecule has 8 heteroatoms. The molecule has 1 amide bonds. The molecule has 1 aliphatic rings. The minimum Gasteiger partial charge on any atom is -0.351 e. The van der Waals surface area contributed by atoms with E-state index in [0.29, 0.717) is 17.9 Å². The van der Waals surface area contributed by atoms with Crippen molar-refractivity contribution in [2.45, 2.75) is 45.1 Å². The number of hydrogen-bond donors (Lipinski definition) is 1. The Morgan fingerprint density at radius 2 is 2.19 bits per heavy atom. The van der Waals surface area contributed by atoms with Gasteiger partial charge in [0, 0.05) is 30.9 Å². The lowest BCUT2D eigenvalue weighted by Gasteiger charge is -2.34. The zero-order valence-electron chi connectivity index (χ0n) is 14.8. The number of fused-ring (bicyclic) bond motifs is 1. The Labute approximate surface area is 149 Å². The molecule has 1 saturated heterocycles. The predicted octanol–water partition coefficient (Wildman–Crippen LogP) is 2.50. The van der Waals surface area contributed by atoms with Crippen LogP contribution in [0, 0.1) is 0 Å². The molecule has 26 heavy (non-hydrogen) atoms. The molecule has 1 aliphatic heterocycles. The van der Waals surface area contributed by atoms with Gasteiger partial charge in [-0.1, -0.05) is 19.0 Å². The van der Waals surface area contributed by atoms with Crippen LogP contribution in [0.3, 0.4) is 0 Å². The van der Waals surface area contributed by atoms with Crippen molar-refractivity contribution in [3.8, 4) is 0 Å². The molecule has 0 aromatic carbocycles. The molecule has 0 unspecified atom stereocenters. The van der Waals surface area contributed by atoms with Crippen molar-refractivity contribution in [1.82, 2.24) is 24.7 Å². The first-order valence-corrected chi connectivity index (χ1v) is 8.89. The van der Waals surface area contributed by atoms with Crippen molar-refractivity contribution in [2.24, 2.45) is 0 Å². The third kappa shape index (κ3) is 2.81. The van der Waals surface area contributed by atoms with Crippen LogP contribution in [0.5, 0.6) is 0 Å². The van der Waals surface area contributed by atoms with Crippen LogP contribution in [0.4, 0.5) is 0 Å². The first-order chi connectivity index (χ1) is 12.5. The van der Waals surface area contributed by atoms with Crippen molar-refractivity contribution in [2.75, 3.05) is 6.54 Å². The number of nitrogens with one attached hydrogen (secondary N) is 1. The van der Waals surface area contributed by atoms with Crippen molar-refractivity contribution in [3.63, 3.8) is 0 Å². The summed E-state index contributed by atoms with van der Waals surface area (Å²) in [4.78, 5) is 31.6. The second kappa shape index (κ2) is 6.44. The molecule has 0 radical (unpaired) electrons. The number of rotatable bonds is 3. The molecule has 1 fully saturated rings. The van der Waals surface area contributed by atoms with E-state index in [0.717, 1.165) is 25.0 Å². The number of H-pyrrole nitrogens is 1. The Bertz CT molecular complexity index is 1000. The van der Waals surface area contributed by atoms with Crippen molar-refractivity contribution >= 4 is 11.6 Å². The summed E-state index contributed by atoms with van der Waals surface area (Å²) in [6.07, 6.45) is 4.33. The molecule has 3 aromatic rings. The zero-order chi connectivity index (χ0) is 18.3. The molecular weight excluding hydrogens is 334 g/mol. The van der Waals surface area contributed by atoms with Crippen LogP contribution in [-0.4, -0.2) is 37.1 Å². The molecule has 3 aromatic heterocycles. The maximum atomic E-state index is 13.0. The zero-order valence-corrected chi connectivity index (χ0v) is 14.8. The average Bonchev–Trinajstić information content (AvgIpc) is 3.30. The molecular formula is C18H21N5O3. The lowest BCUT2D eigenvalue weighted by molar-refractivity contribution is 0.0563. The minimum absolute atomic E-state index is 0.185. The molecule has 0 spiro atoms. The third-order valence-electron chi connectivity index (χ3n) is 4.84. The highest BCUT2D eigenvalue weighted by Crippen LogP contribution is 2.31. The molecule has 0 bridgehead atoms. The number of hydrogen-bond acceptors (Lipinski definition) is 5. The van der Waals surface area contributed by atoms with Gasteiger partial charge in [0.25, 0.3) is 11.5 Å². The number of carbonyl (C=O) groups excluding carboxylic acids is 1. The highest BCUT2D eigenvalue weighted by Gasteiger charge is 2.32. The van der Waals surface area contributed by atoms with E-state index < -0.39 is 0 Å². The van der Waals surface area contributed by atoms with E-state index in [2.05, 4.69) is 15.2 Å². The van der Waals surface area contributed by atoms with E-state index in [9.17, 15) is 9.59 Å². The van der Waals surface area contributed by atoms with Crippen LogP contribution in [0.2, 0.25) is 0 Å². The largest absolute Gasteiger partial charge is 0.351 e. The number of nitrogens with zero attached hydrogens (tertiary/aromatic N) is 4. The van der Waals surface area contributed by atoms with Gasteiger partial charge in [0.2, 0.25) is 5.76 Å². The number of aromatic nitrogens is 4. The number of piperidine rings is 1. The molecule has 0 aliphatic carbocycles. The summed E-state index contributed by atoms with van der Waals surface area (Å²) in [5, 5.41) is 6.81. The van der Waals surface area contributed by atoms with E-state index in [1.54, 1.807) is 23.2 Å². The van der Waals surface area contributed by atoms with Crippen LogP contribution in [0.15, 0.2) is 33.7 Å². The van der Waals surface area contributed by atoms with Gasteiger partial charge < -0.3 is 9.42 Å². The smallest absolute Gasteiger partial charge is 0.293 e. The lowest BCUT2D eigenvalue weighted by Crippen LogP contribution is -2.39. The fraction of sp³-hybridized carbons (Fsp3) is 0.444. The highest BCUT2D eigenvalue weighted by atomic mass is 16.5. The van der Waals surface area contributed by atoms with E-state index in [4.69, 9.17) is 4.52 Å². The Hall–Kier alpha value is -2.90. The molecule has 1 N–H and O–H groups in total. The Morgan fingerprint density at radius 1 is 1.35 bits per heavy atom. The molecule has 1 atom stereocenters. The van der Waals surface area contributed by atoms with Gasteiger partial charge in [-0.2, -0.15) is 0 Å². The standard InChI is InChI=1S/C18H21N5O3/c1-11(2)12-9-15(26-21-12)18(25)22-8-4-3-5-14(22)13-10-17(24)23-16(20-13)6-7-19-23/h6-7,9-11,14,19H,3-5,8H2,1-2H3/t14-/m0/s1. The second-order valence-corrected chi connectivity index (χ2v) is 6.96. The van der Waals surface area contributed by atoms with Crippen LogP contribution in [0.1, 0.15) is 67.0 Å². The van der Waals surface area contributed by atoms with Crippen molar-refractivity contribution in [1.29, 1.82) is 0 Å². The second-order valence-electron chi connectivity index (χ2n) is 6.96. The molecule has 0 saturated carbocycles. The summed E-state index contributed by atoms with van der Waals surface area (Å²) in [6, 6.07) is 4.71. The van der Waals surface area contributed by atoms with Crippen LogP contribution >= 0.6 is 0 Å². The van der Waals surface area contributed by atoms with E-state index in [1.165, 1.54) is 10.6 Å². The fourth-order valence-corrected chi connectivity index (χ4v) is 3.40. The molecule has 8 nitrogen and oxygen atoms in total. The summed E-state index contributed by atoms with van der Waals surface area (Å²) in [5.41, 5.74) is 1.74. The third-order valence-corrected chi connectivity index (χ3v) is 4.84. The lowest BCUT2D eigenvalue weighted by atomic mass is 9.98. The number of aromatic amines is 1. The Balaban J connectivity index is 1.69. The number of carbonyl (C=O) groups is 1. The normalized spacial score (nSPS) is 18.0. The van der Waals surface area contributed by atoms with E-state index in [-0.39, 0.29) is 29.2 Å². The quantitative estimate of drug-likeness (QED) is 0.779. The van der Waals surface area contributed by atoms with Gasteiger partial charge in [0.15, 0.2) is 5.65 Å². The fourth-order valence-electron chi connectivity index (χ4n) is 3.40. The minimum atomic E-state index is -0.239. The van der Waals surface area contributed by atoms with Gasteiger partial charge in [0.1, 0.15) is 0 Å². The summed E-state index contributed by atoms with van der Waals surface area (Å²) < 4.78 is 6.65. The monoisotopic (exact) mass is 355 g/mol. The van der Waals surface area contributed by atoms with Gasteiger partial charge in [-0.3, -0.25) is 14.7 Å². The summed E-state index contributed by atoms with van der Waals surface area (Å²) in [6.45, 7) is 4.61. The SMILES string of the molecule is CC(C)c1cc(C(=O)N2CCCC[C@H]2c2cc(=O)n3[nH]ccc3n2)on1. The summed E-state index contributed by atoms with van der Waals surface area (Å²) in [7, 11) is 0. The van der Waals surface area contributed by atoms with Crippen molar-refractivity contribution in [3.05, 3.63) is 51.9 Å². The maximum Gasteiger partial charge on any atom is 0.293 e. The van der Waals surface area contributed by atoms with E-state index >= 15 is 0 Å². The first kappa shape index (κ1) is 16.6. The van der Waals surface area contributed by atoms with Gasteiger partial charge >= 0.3 is 0 Å². The number of amides is 1. The average molecular weight is 355 g/mol. The van der Waals surface area contributed by atoms with Gasteiger partial charge in [0.05, 0.1) is 17.4 Å². The van der Waals surface area contributed by atoms with Crippen LogP contribution < -0.4 is 5.56 Å². The topological polar surface area (TPSA) is 96.5 Å². The van der Waals surface area contributed by atoms with Gasteiger partial charge in [-0.05, 0) is 25.2 Å². The van der Waals surface area contributed by atoms with Crippen molar-refractivity contribution < 1.29 is 9.32 Å². The van der Waals surface area contributed by atoms with E-state index in [1.807, 2.05) is 13.8 Å². The van der Waals surface area contributed by atoms with Crippen LogP contribution in [-0.2, 0) is 0 Å². The summed E-state index contributed by atoms with van der Waals surface area (Å²) >= 11 is 0. The van der Waals surface area contributed by atoms with Gasteiger partial charge in [-0.25, -0.2) is 9.50 Å². The first-order valence-electron chi connectivity index (χ1n) is 8.89. The summed E-state index contributed by atoms with van der Waals surface area (Å²) in [5.74, 6) is 0.223. The number of likely N-dealkylation sites (tertiary alicyclic amines) is 1. The molecule has 136 valence electrons. The molecule has 4 rings (SSSR count). The predicted molar refractivity (Wildman–Crippen MR) is 94.0 cm³/mol. The van der Waals surface area contributed by atoms with Crippen LogP contribution in [0.25, 0.3) is 5.65 Å².